The largest absolute Gasteiger partial charge is 0.353 e. The third-order valence-electron chi connectivity index (χ3n) is 7.40. The first-order valence-electron chi connectivity index (χ1n) is 8.63. The van der Waals surface area contributed by atoms with Gasteiger partial charge in [-0.2, -0.15) is 0 Å². The Bertz CT molecular complexity index is 798. The Labute approximate surface area is 144 Å². The Kier molecular flexibility index (Phi) is 2.80. The molecule has 2 unspecified atom stereocenters. The molecule has 0 fully saturated rings. The van der Waals surface area contributed by atoms with Gasteiger partial charge in [0.25, 0.3) is 0 Å². The molecule has 23 heavy (non-hydrogen) atoms. The number of aryl methyl sites for hydroxylation is 1. The number of fused-ring (bicyclic) bond motifs is 5. The van der Waals surface area contributed by atoms with Crippen LogP contribution in [-0.2, 0) is 11.0 Å². The van der Waals surface area contributed by atoms with Crippen molar-refractivity contribution in [3.63, 3.8) is 0 Å². The molecular weight excluding hydrogens is 298 g/mol. The quantitative estimate of drug-likeness (QED) is 0.560. The van der Waals surface area contributed by atoms with Gasteiger partial charge in [-0.3, -0.25) is 0 Å². The van der Waals surface area contributed by atoms with Crippen molar-refractivity contribution in [2.45, 2.75) is 65.5 Å². The lowest BCUT2D eigenvalue weighted by Crippen LogP contribution is -2.62. The van der Waals surface area contributed by atoms with Crippen molar-refractivity contribution in [3.05, 3.63) is 51.2 Å². The summed E-state index contributed by atoms with van der Waals surface area (Å²) in [6, 6.07) is 9.67. The van der Waals surface area contributed by atoms with Crippen LogP contribution in [0.15, 0.2) is 29.6 Å². The summed E-state index contributed by atoms with van der Waals surface area (Å²) in [6.45, 7) is 16.9. The van der Waals surface area contributed by atoms with E-state index in [2.05, 4.69) is 83.0 Å². The van der Waals surface area contributed by atoms with E-state index in [1.807, 2.05) is 11.3 Å². The summed E-state index contributed by atoms with van der Waals surface area (Å²) in [5.74, 6) is 0. The lowest BCUT2D eigenvalue weighted by Gasteiger charge is -2.62. The topological polar surface area (TPSA) is 3.24 Å². The summed E-state index contributed by atoms with van der Waals surface area (Å²) in [4.78, 5) is 4.27. The van der Waals surface area contributed by atoms with E-state index in [0.717, 1.165) is 0 Å². The second-order valence-corrected chi connectivity index (χ2v) is 9.49. The van der Waals surface area contributed by atoms with Crippen LogP contribution in [0.1, 0.15) is 69.2 Å². The van der Waals surface area contributed by atoms with Crippen LogP contribution < -0.4 is 4.90 Å². The molecule has 2 atom stereocenters. The molecule has 4 rings (SSSR count). The van der Waals surface area contributed by atoms with E-state index in [1.165, 1.54) is 16.8 Å². The third-order valence-corrected chi connectivity index (χ3v) is 8.49. The number of hydrogen-bond acceptors (Lipinski definition) is 2. The van der Waals surface area contributed by atoms with Crippen molar-refractivity contribution in [1.29, 1.82) is 0 Å². The van der Waals surface area contributed by atoms with Gasteiger partial charge < -0.3 is 4.90 Å². The van der Waals surface area contributed by atoms with E-state index in [4.69, 9.17) is 0 Å². The average molecular weight is 326 g/mol. The van der Waals surface area contributed by atoms with Gasteiger partial charge in [0.2, 0.25) is 0 Å². The Morgan fingerprint density at radius 2 is 1.70 bits per heavy atom. The Morgan fingerprint density at radius 1 is 1.00 bits per heavy atom. The summed E-state index contributed by atoms with van der Waals surface area (Å²) in [7, 11) is 0. The van der Waals surface area contributed by atoms with E-state index in [9.17, 15) is 0 Å². The Hall–Kier alpha value is -1.28. The SMILES string of the molecule is Cc1cccc2c1N1C(C)c3sccc3C1(C)C(C)(C)C2(C)C. The molecule has 122 valence electrons. The highest BCUT2D eigenvalue weighted by Gasteiger charge is 2.64. The van der Waals surface area contributed by atoms with Gasteiger partial charge in [0, 0.05) is 16.0 Å². The highest BCUT2D eigenvalue weighted by molar-refractivity contribution is 7.10. The third kappa shape index (κ3) is 1.45. The van der Waals surface area contributed by atoms with Crippen LogP contribution >= 0.6 is 11.3 Å². The molecule has 0 amide bonds. The smallest absolute Gasteiger partial charge is 0.0703 e. The van der Waals surface area contributed by atoms with E-state index >= 15 is 0 Å². The fraction of sp³-hybridized carbons (Fsp3) is 0.524. The predicted molar refractivity (Wildman–Crippen MR) is 101 cm³/mol. The molecule has 1 aromatic heterocycles. The van der Waals surface area contributed by atoms with Crippen LogP contribution in [0.5, 0.6) is 0 Å². The fourth-order valence-corrected chi connectivity index (χ4v) is 6.21. The summed E-state index contributed by atoms with van der Waals surface area (Å²) in [5, 5.41) is 2.28. The standard InChI is InChI=1S/C21H27NS/c1-13-9-8-10-15-17(13)22-14(2)18-16(11-12-23-18)21(22,7)20(5,6)19(15,3)4/h8-12,14H,1-7H3. The molecule has 0 N–H and O–H groups in total. The minimum absolute atomic E-state index is 0.0321. The van der Waals surface area contributed by atoms with Gasteiger partial charge >= 0.3 is 0 Å². The van der Waals surface area contributed by atoms with Gasteiger partial charge in [-0.05, 0) is 54.3 Å². The van der Waals surface area contributed by atoms with Crippen LogP contribution in [0.2, 0.25) is 0 Å². The predicted octanol–water partition coefficient (Wildman–Crippen LogP) is 6.17. The maximum atomic E-state index is 2.73. The molecule has 0 bridgehead atoms. The molecule has 1 nitrogen and oxygen atoms in total. The van der Waals surface area contributed by atoms with Gasteiger partial charge in [0.05, 0.1) is 11.6 Å². The molecule has 0 radical (unpaired) electrons. The zero-order valence-corrected chi connectivity index (χ0v) is 16.1. The van der Waals surface area contributed by atoms with E-state index in [1.54, 1.807) is 10.4 Å². The lowest BCUT2D eigenvalue weighted by atomic mass is 9.51. The van der Waals surface area contributed by atoms with Gasteiger partial charge in [-0.1, -0.05) is 45.9 Å². The zero-order chi connectivity index (χ0) is 16.8. The fourth-order valence-electron chi connectivity index (χ4n) is 5.16. The summed E-state index contributed by atoms with van der Waals surface area (Å²) in [5.41, 5.74) is 6.19. The molecule has 0 spiro atoms. The van der Waals surface area contributed by atoms with Gasteiger partial charge in [0.15, 0.2) is 0 Å². The number of para-hydroxylation sites is 1. The summed E-state index contributed by atoms with van der Waals surface area (Å²) < 4.78 is 0. The highest BCUT2D eigenvalue weighted by Crippen LogP contribution is 2.68. The second-order valence-electron chi connectivity index (χ2n) is 8.54. The van der Waals surface area contributed by atoms with Crippen molar-refractivity contribution in [2.24, 2.45) is 5.41 Å². The molecule has 2 aliphatic rings. The molecule has 0 saturated heterocycles. The van der Waals surface area contributed by atoms with Gasteiger partial charge in [-0.15, -0.1) is 11.3 Å². The van der Waals surface area contributed by atoms with Crippen molar-refractivity contribution >= 4 is 17.0 Å². The first-order chi connectivity index (χ1) is 10.7. The number of thiophene rings is 1. The van der Waals surface area contributed by atoms with Gasteiger partial charge in [0.1, 0.15) is 0 Å². The van der Waals surface area contributed by atoms with Crippen LogP contribution in [-0.4, -0.2) is 0 Å². The minimum Gasteiger partial charge on any atom is -0.353 e. The first kappa shape index (κ1) is 15.3. The normalized spacial score (nSPS) is 29.9. The lowest BCUT2D eigenvalue weighted by molar-refractivity contribution is 0.0652. The maximum Gasteiger partial charge on any atom is 0.0703 e. The van der Waals surface area contributed by atoms with E-state index in [-0.39, 0.29) is 16.4 Å². The van der Waals surface area contributed by atoms with Crippen molar-refractivity contribution in [2.75, 3.05) is 4.90 Å². The zero-order valence-electron chi connectivity index (χ0n) is 15.3. The number of hydrogen-bond donors (Lipinski definition) is 0. The number of anilines is 1. The number of benzene rings is 1. The van der Waals surface area contributed by atoms with Crippen LogP contribution in [0.4, 0.5) is 5.69 Å². The molecule has 2 aliphatic heterocycles. The Morgan fingerprint density at radius 3 is 2.39 bits per heavy atom. The molecule has 2 heteroatoms. The van der Waals surface area contributed by atoms with E-state index < -0.39 is 0 Å². The van der Waals surface area contributed by atoms with Crippen molar-refractivity contribution in [3.8, 4) is 0 Å². The van der Waals surface area contributed by atoms with Crippen molar-refractivity contribution < 1.29 is 0 Å². The monoisotopic (exact) mass is 325 g/mol. The summed E-state index contributed by atoms with van der Waals surface area (Å²) in [6.07, 6.45) is 0. The van der Waals surface area contributed by atoms with Crippen molar-refractivity contribution in [1.82, 2.24) is 0 Å². The van der Waals surface area contributed by atoms with Crippen LogP contribution in [0.3, 0.4) is 0 Å². The number of rotatable bonds is 0. The molecular formula is C21H27NS. The number of nitrogens with zero attached hydrogens (tertiary/aromatic N) is 1. The first-order valence-corrected chi connectivity index (χ1v) is 9.51. The molecule has 0 aliphatic carbocycles. The maximum absolute atomic E-state index is 2.73. The average Bonchev–Trinajstić information content (AvgIpc) is 3.03. The van der Waals surface area contributed by atoms with Crippen LogP contribution in [0, 0.1) is 12.3 Å². The van der Waals surface area contributed by atoms with Crippen LogP contribution in [0.25, 0.3) is 0 Å². The van der Waals surface area contributed by atoms with Gasteiger partial charge in [-0.25, -0.2) is 0 Å². The van der Waals surface area contributed by atoms with E-state index in [0.29, 0.717) is 6.04 Å². The highest BCUT2D eigenvalue weighted by atomic mass is 32.1. The molecule has 2 aromatic rings. The molecule has 0 saturated carbocycles. The molecule has 3 heterocycles. The Balaban J connectivity index is 2.15. The summed E-state index contributed by atoms with van der Waals surface area (Å²) >= 11 is 1.92. The second kappa shape index (κ2) is 4.22. The minimum atomic E-state index is 0.0321. The molecule has 1 aromatic carbocycles.